The highest BCUT2D eigenvalue weighted by molar-refractivity contribution is 5.17. The second kappa shape index (κ2) is 6.70. The lowest BCUT2D eigenvalue weighted by molar-refractivity contribution is 0.613. The van der Waals surface area contributed by atoms with Crippen molar-refractivity contribution in [2.24, 2.45) is 7.05 Å². The molecule has 2 heterocycles. The molecule has 0 unspecified atom stereocenters. The highest BCUT2D eigenvalue weighted by atomic mass is 15.3. The van der Waals surface area contributed by atoms with E-state index in [0.29, 0.717) is 0 Å². The van der Waals surface area contributed by atoms with Crippen LogP contribution < -0.4 is 5.32 Å². The first-order valence-electron chi connectivity index (χ1n) is 7.39. The molecule has 5 nitrogen and oxygen atoms in total. The lowest BCUT2D eigenvalue weighted by Crippen LogP contribution is -2.13. The predicted molar refractivity (Wildman–Crippen MR) is 80.6 cm³/mol. The first-order valence-corrected chi connectivity index (χ1v) is 7.39. The van der Waals surface area contributed by atoms with Crippen molar-refractivity contribution in [1.82, 2.24) is 24.9 Å². The number of hydrogen-bond donors (Lipinski definition) is 1. The van der Waals surface area contributed by atoms with Crippen LogP contribution in [0.3, 0.4) is 0 Å². The van der Waals surface area contributed by atoms with Gasteiger partial charge in [-0.25, -0.2) is 0 Å². The van der Waals surface area contributed by atoms with Gasteiger partial charge >= 0.3 is 0 Å². The molecular weight excluding hydrogens is 250 g/mol. The first-order chi connectivity index (χ1) is 9.63. The van der Waals surface area contributed by atoms with E-state index in [1.165, 1.54) is 11.3 Å². The van der Waals surface area contributed by atoms with E-state index in [4.69, 9.17) is 0 Å². The topological polar surface area (TPSA) is 47.7 Å². The highest BCUT2D eigenvalue weighted by Crippen LogP contribution is 2.09. The lowest BCUT2D eigenvalue weighted by atomic mass is 10.2. The summed E-state index contributed by atoms with van der Waals surface area (Å²) in [6.07, 6.45) is 4.26. The zero-order valence-electron chi connectivity index (χ0n) is 13.0. The van der Waals surface area contributed by atoms with Gasteiger partial charge in [0.1, 0.15) is 0 Å². The fraction of sp³-hybridized carbons (Fsp3) is 0.600. The minimum absolute atomic E-state index is 0.776. The fourth-order valence-electron chi connectivity index (χ4n) is 2.27. The molecule has 2 aromatic heterocycles. The summed E-state index contributed by atoms with van der Waals surface area (Å²) in [4.78, 5) is 0. The molecule has 0 aliphatic heterocycles. The Bertz CT molecular complexity index is 553. The predicted octanol–water partition coefficient (Wildman–Crippen LogP) is 2.04. The summed E-state index contributed by atoms with van der Waals surface area (Å²) in [5, 5.41) is 12.5. The molecule has 2 rings (SSSR count). The molecule has 0 atom stereocenters. The largest absolute Gasteiger partial charge is 0.313 e. The van der Waals surface area contributed by atoms with E-state index in [9.17, 15) is 0 Å². The number of aryl methyl sites for hydroxylation is 3. The van der Waals surface area contributed by atoms with Gasteiger partial charge in [-0.15, -0.1) is 0 Å². The quantitative estimate of drug-likeness (QED) is 0.787. The summed E-state index contributed by atoms with van der Waals surface area (Å²) in [6.45, 7) is 9.09. The van der Waals surface area contributed by atoms with Crippen LogP contribution in [0.5, 0.6) is 0 Å². The third-order valence-electron chi connectivity index (χ3n) is 3.50. The Morgan fingerprint density at radius 1 is 1.25 bits per heavy atom. The van der Waals surface area contributed by atoms with Gasteiger partial charge in [0.15, 0.2) is 0 Å². The number of nitrogens with one attached hydrogen (secondary N) is 1. The summed E-state index contributed by atoms with van der Waals surface area (Å²) in [7, 11) is 1.99. The van der Waals surface area contributed by atoms with E-state index in [2.05, 4.69) is 48.5 Å². The van der Waals surface area contributed by atoms with Gasteiger partial charge < -0.3 is 5.32 Å². The molecule has 0 saturated carbocycles. The van der Waals surface area contributed by atoms with Gasteiger partial charge in [-0.05, 0) is 32.4 Å². The lowest BCUT2D eigenvalue weighted by Gasteiger charge is -2.02. The van der Waals surface area contributed by atoms with Gasteiger partial charge in [0.2, 0.25) is 0 Å². The molecule has 0 amide bonds. The molecule has 0 bridgehead atoms. The molecule has 1 N–H and O–H groups in total. The molecule has 0 fully saturated rings. The Labute approximate surface area is 121 Å². The second-order valence-corrected chi connectivity index (χ2v) is 5.22. The molecule has 110 valence electrons. The molecule has 0 radical (unpaired) electrons. The summed E-state index contributed by atoms with van der Waals surface area (Å²) < 4.78 is 3.96. The number of rotatable bonds is 7. The van der Waals surface area contributed by atoms with Gasteiger partial charge in [0.05, 0.1) is 23.6 Å². The van der Waals surface area contributed by atoms with Crippen LogP contribution in [0.25, 0.3) is 0 Å². The Balaban J connectivity index is 2.05. The Morgan fingerprint density at radius 2 is 2.05 bits per heavy atom. The van der Waals surface area contributed by atoms with E-state index in [-0.39, 0.29) is 0 Å². The van der Waals surface area contributed by atoms with E-state index in [0.717, 1.165) is 43.9 Å². The fourth-order valence-corrected chi connectivity index (χ4v) is 2.27. The molecule has 0 spiro atoms. The number of hydrogen-bond acceptors (Lipinski definition) is 3. The van der Waals surface area contributed by atoms with Crippen LogP contribution in [0.4, 0.5) is 0 Å². The summed E-state index contributed by atoms with van der Waals surface area (Å²) >= 11 is 0. The normalized spacial score (nSPS) is 11.2. The minimum Gasteiger partial charge on any atom is -0.313 e. The van der Waals surface area contributed by atoms with Crippen molar-refractivity contribution in [1.29, 1.82) is 0 Å². The second-order valence-electron chi connectivity index (χ2n) is 5.22. The van der Waals surface area contributed by atoms with Crippen LogP contribution >= 0.6 is 0 Å². The summed E-state index contributed by atoms with van der Waals surface area (Å²) in [5.74, 6) is 0. The van der Waals surface area contributed by atoms with E-state index in [1.54, 1.807) is 0 Å². The van der Waals surface area contributed by atoms with Gasteiger partial charge in [-0.1, -0.05) is 13.8 Å². The molecule has 0 saturated heterocycles. The SMILES string of the molecule is CCCNCc1cn(Cc2cc(CC)nn2C)nc1C. The van der Waals surface area contributed by atoms with Crippen molar-refractivity contribution in [3.05, 3.63) is 34.9 Å². The average Bonchev–Trinajstić information content (AvgIpc) is 2.94. The molecule has 0 aliphatic carbocycles. The minimum atomic E-state index is 0.776. The zero-order chi connectivity index (χ0) is 14.5. The molecule has 2 aromatic rings. The van der Waals surface area contributed by atoms with Gasteiger partial charge in [0, 0.05) is 25.4 Å². The Kier molecular flexibility index (Phi) is 4.95. The third kappa shape index (κ3) is 3.48. The zero-order valence-corrected chi connectivity index (χ0v) is 13.0. The molecule has 20 heavy (non-hydrogen) atoms. The monoisotopic (exact) mass is 275 g/mol. The van der Waals surface area contributed by atoms with Crippen LogP contribution in [-0.4, -0.2) is 26.1 Å². The maximum atomic E-state index is 4.60. The summed E-state index contributed by atoms with van der Waals surface area (Å²) in [6, 6.07) is 2.16. The van der Waals surface area contributed by atoms with Crippen molar-refractivity contribution >= 4 is 0 Å². The van der Waals surface area contributed by atoms with Crippen molar-refractivity contribution in [3.8, 4) is 0 Å². The van der Waals surface area contributed by atoms with Crippen molar-refractivity contribution in [2.45, 2.75) is 46.7 Å². The first kappa shape index (κ1) is 14.8. The maximum absolute atomic E-state index is 4.60. The highest BCUT2D eigenvalue weighted by Gasteiger charge is 2.08. The van der Waals surface area contributed by atoms with Crippen LogP contribution in [0.1, 0.15) is 42.9 Å². The van der Waals surface area contributed by atoms with Crippen molar-refractivity contribution in [2.75, 3.05) is 6.54 Å². The van der Waals surface area contributed by atoms with Crippen LogP contribution in [0.2, 0.25) is 0 Å². The van der Waals surface area contributed by atoms with Crippen molar-refractivity contribution < 1.29 is 0 Å². The van der Waals surface area contributed by atoms with Crippen LogP contribution in [0.15, 0.2) is 12.3 Å². The number of nitrogens with zero attached hydrogens (tertiary/aromatic N) is 4. The molecule has 5 heteroatoms. The van der Waals surface area contributed by atoms with E-state index in [1.807, 2.05) is 16.4 Å². The smallest absolute Gasteiger partial charge is 0.0828 e. The van der Waals surface area contributed by atoms with Gasteiger partial charge in [-0.3, -0.25) is 9.36 Å². The Morgan fingerprint density at radius 3 is 2.70 bits per heavy atom. The molecule has 0 aromatic carbocycles. The van der Waals surface area contributed by atoms with Gasteiger partial charge in [0.25, 0.3) is 0 Å². The maximum Gasteiger partial charge on any atom is 0.0828 e. The summed E-state index contributed by atoms with van der Waals surface area (Å²) in [5.41, 5.74) is 4.71. The number of aromatic nitrogens is 4. The standard InChI is InChI=1S/C15H25N5/c1-5-7-16-9-13-10-20(17-12(13)3)11-15-8-14(6-2)18-19(15)4/h8,10,16H,5-7,9,11H2,1-4H3. The Hall–Kier alpha value is -1.62. The van der Waals surface area contributed by atoms with Crippen molar-refractivity contribution in [3.63, 3.8) is 0 Å². The van der Waals surface area contributed by atoms with E-state index < -0.39 is 0 Å². The van der Waals surface area contributed by atoms with E-state index >= 15 is 0 Å². The average molecular weight is 275 g/mol. The van der Waals surface area contributed by atoms with Crippen LogP contribution in [-0.2, 0) is 26.6 Å². The molecular formula is C15H25N5. The molecule has 0 aliphatic rings. The third-order valence-corrected chi connectivity index (χ3v) is 3.50. The van der Waals surface area contributed by atoms with Gasteiger partial charge in [-0.2, -0.15) is 10.2 Å². The van der Waals surface area contributed by atoms with Crippen LogP contribution in [0, 0.1) is 6.92 Å².